The zero-order chi connectivity index (χ0) is 14.5. The molecule has 0 saturated carbocycles. The molecule has 1 N–H and O–H groups in total. The number of carbonyl (C=O) groups is 1. The summed E-state index contributed by atoms with van der Waals surface area (Å²) in [5.41, 5.74) is 2.19. The van der Waals surface area contributed by atoms with Gasteiger partial charge in [0.1, 0.15) is 0 Å². The van der Waals surface area contributed by atoms with E-state index in [1.807, 2.05) is 12.1 Å². The van der Waals surface area contributed by atoms with Crippen LogP contribution < -0.4 is 5.32 Å². The second kappa shape index (κ2) is 6.89. The number of benzene rings is 1. The molecule has 1 heterocycles. The van der Waals surface area contributed by atoms with Crippen LogP contribution in [-0.2, 0) is 4.79 Å². The molecular weight excluding hydrogens is 248 g/mol. The Morgan fingerprint density at radius 2 is 1.85 bits per heavy atom. The van der Waals surface area contributed by atoms with E-state index in [0.717, 1.165) is 24.7 Å². The predicted molar refractivity (Wildman–Crippen MR) is 84.0 cm³/mol. The van der Waals surface area contributed by atoms with Crippen LogP contribution in [0.2, 0.25) is 0 Å². The van der Waals surface area contributed by atoms with Crippen molar-refractivity contribution in [1.82, 2.24) is 4.90 Å². The van der Waals surface area contributed by atoms with Gasteiger partial charge in [-0.05, 0) is 55.5 Å². The maximum absolute atomic E-state index is 12.0. The third-order valence-electron chi connectivity index (χ3n) is 4.10. The molecule has 1 aliphatic heterocycles. The van der Waals surface area contributed by atoms with Crippen molar-refractivity contribution in [3.63, 3.8) is 0 Å². The molecule has 0 aliphatic carbocycles. The predicted octanol–water partition coefficient (Wildman–Crippen LogP) is 3.48. The van der Waals surface area contributed by atoms with E-state index in [9.17, 15) is 4.79 Å². The first-order valence-corrected chi connectivity index (χ1v) is 7.66. The minimum Gasteiger partial charge on any atom is -0.325 e. The fraction of sp³-hybridized carbons (Fsp3) is 0.588. The van der Waals surface area contributed by atoms with Crippen molar-refractivity contribution in [3.05, 3.63) is 29.8 Å². The molecule has 1 aromatic carbocycles. The summed E-state index contributed by atoms with van der Waals surface area (Å²) in [6.45, 7) is 9.23. The molecule has 20 heavy (non-hydrogen) atoms. The molecule has 3 nitrogen and oxygen atoms in total. The molecule has 0 unspecified atom stereocenters. The molecule has 0 aromatic heterocycles. The first-order chi connectivity index (χ1) is 9.54. The highest BCUT2D eigenvalue weighted by molar-refractivity contribution is 5.92. The molecule has 0 atom stereocenters. The van der Waals surface area contributed by atoms with Crippen LogP contribution in [0.15, 0.2) is 24.3 Å². The summed E-state index contributed by atoms with van der Waals surface area (Å²) in [6.07, 6.45) is 2.41. The fourth-order valence-corrected chi connectivity index (χ4v) is 2.58. The van der Waals surface area contributed by atoms with E-state index in [-0.39, 0.29) is 5.91 Å². The summed E-state index contributed by atoms with van der Waals surface area (Å²) >= 11 is 0. The SMILES string of the molecule is CC1CCN(CC(=O)Nc2ccc(C(C)C)cc2)CC1. The smallest absolute Gasteiger partial charge is 0.238 e. The van der Waals surface area contributed by atoms with E-state index in [2.05, 4.69) is 43.1 Å². The number of nitrogens with zero attached hydrogens (tertiary/aromatic N) is 1. The van der Waals surface area contributed by atoms with Gasteiger partial charge in [-0.15, -0.1) is 0 Å². The van der Waals surface area contributed by atoms with E-state index < -0.39 is 0 Å². The second-order valence-corrected chi connectivity index (χ2v) is 6.28. The Balaban J connectivity index is 1.82. The van der Waals surface area contributed by atoms with Gasteiger partial charge in [0.25, 0.3) is 0 Å². The van der Waals surface area contributed by atoms with Crippen molar-refractivity contribution in [2.75, 3.05) is 25.0 Å². The molecule has 110 valence electrons. The summed E-state index contributed by atoms with van der Waals surface area (Å²) in [4.78, 5) is 14.3. The molecule has 0 radical (unpaired) electrons. The van der Waals surface area contributed by atoms with Gasteiger partial charge in [0, 0.05) is 5.69 Å². The lowest BCUT2D eigenvalue weighted by Gasteiger charge is -2.29. The van der Waals surface area contributed by atoms with Gasteiger partial charge in [0.05, 0.1) is 6.54 Å². The molecule has 1 fully saturated rings. The number of hydrogen-bond acceptors (Lipinski definition) is 2. The van der Waals surface area contributed by atoms with Crippen molar-refractivity contribution in [2.24, 2.45) is 5.92 Å². The van der Waals surface area contributed by atoms with Crippen LogP contribution in [-0.4, -0.2) is 30.4 Å². The largest absolute Gasteiger partial charge is 0.325 e. The van der Waals surface area contributed by atoms with Gasteiger partial charge in [0.15, 0.2) is 0 Å². The summed E-state index contributed by atoms with van der Waals surface area (Å²) in [5.74, 6) is 1.42. The zero-order valence-electron chi connectivity index (χ0n) is 12.9. The normalized spacial score (nSPS) is 17.4. The van der Waals surface area contributed by atoms with Crippen LogP contribution in [0.4, 0.5) is 5.69 Å². The lowest BCUT2D eigenvalue weighted by molar-refractivity contribution is -0.117. The Morgan fingerprint density at radius 3 is 2.40 bits per heavy atom. The highest BCUT2D eigenvalue weighted by Gasteiger charge is 2.17. The lowest BCUT2D eigenvalue weighted by atomic mass is 9.99. The van der Waals surface area contributed by atoms with Gasteiger partial charge in [-0.3, -0.25) is 9.69 Å². The van der Waals surface area contributed by atoms with Crippen LogP contribution in [0, 0.1) is 5.92 Å². The Labute approximate surface area is 122 Å². The van der Waals surface area contributed by atoms with Gasteiger partial charge in [-0.1, -0.05) is 32.9 Å². The maximum Gasteiger partial charge on any atom is 0.238 e. The van der Waals surface area contributed by atoms with Crippen molar-refractivity contribution in [2.45, 2.75) is 39.5 Å². The van der Waals surface area contributed by atoms with E-state index in [0.29, 0.717) is 12.5 Å². The highest BCUT2D eigenvalue weighted by Crippen LogP contribution is 2.18. The summed E-state index contributed by atoms with van der Waals surface area (Å²) < 4.78 is 0. The monoisotopic (exact) mass is 274 g/mol. The number of hydrogen-bond donors (Lipinski definition) is 1. The summed E-state index contributed by atoms with van der Waals surface area (Å²) in [6, 6.07) is 8.16. The standard InChI is InChI=1S/C17H26N2O/c1-13(2)15-4-6-16(7-5-15)18-17(20)12-19-10-8-14(3)9-11-19/h4-7,13-14H,8-12H2,1-3H3,(H,18,20). The topological polar surface area (TPSA) is 32.3 Å². The second-order valence-electron chi connectivity index (χ2n) is 6.28. The Bertz CT molecular complexity index is 431. The van der Waals surface area contributed by atoms with E-state index in [1.165, 1.54) is 18.4 Å². The number of rotatable bonds is 4. The van der Waals surface area contributed by atoms with Crippen LogP contribution in [0.25, 0.3) is 0 Å². The van der Waals surface area contributed by atoms with Gasteiger partial charge in [-0.25, -0.2) is 0 Å². The zero-order valence-corrected chi connectivity index (χ0v) is 12.9. The van der Waals surface area contributed by atoms with Gasteiger partial charge < -0.3 is 5.32 Å². The molecule has 0 bridgehead atoms. The molecule has 0 spiro atoms. The Kier molecular flexibility index (Phi) is 5.18. The fourth-order valence-electron chi connectivity index (χ4n) is 2.58. The summed E-state index contributed by atoms with van der Waals surface area (Å²) in [7, 11) is 0. The average molecular weight is 274 g/mol. The third-order valence-corrected chi connectivity index (χ3v) is 4.10. The first kappa shape index (κ1) is 15.0. The third kappa shape index (κ3) is 4.34. The van der Waals surface area contributed by atoms with E-state index in [4.69, 9.17) is 0 Å². The van der Waals surface area contributed by atoms with Crippen molar-refractivity contribution >= 4 is 11.6 Å². The van der Waals surface area contributed by atoms with Gasteiger partial charge >= 0.3 is 0 Å². The summed E-state index contributed by atoms with van der Waals surface area (Å²) in [5, 5.41) is 2.99. The van der Waals surface area contributed by atoms with Crippen LogP contribution >= 0.6 is 0 Å². The molecule has 1 amide bonds. The highest BCUT2D eigenvalue weighted by atomic mass is 16.2. The number of anilines is 1. The molecule has 3 heteroatoms. The molecule has 2 rings (SSSR count). The molecular formula is C17H26N2O. The minimum absolute atomic E-state index is 0.0943. The average Bonchev–Trinajstić information content (AvgIpc) is 2.42. The number of likely N-dealkylation sites (tertiary alicyclic amines) is 1. The van der Waals surface area contributed by atoms with Crippen molar-refractivity contribution < 1.29 is 4.79 Å². The quantitative estimate of drug-likeness (QED) is 0.911. The van der Waals surface area contributed by atoms with Crippen molar-refractivity contribution in [3.8, 4) is 0 Å². The van der Waals surface area contributed by atoms with Crippen LogP contribution in [0.1, 0.15) is 45.1 Å². The number of piperidine rings is 1. The van der Waals surface area contributed by atoms with E-state index >= 15 is 0 Å². The Hall–Kier alpha value is -1.35. The maximum atomic E-state index is 12.0. The van der Waals surface area contributed by atoms with Crippen molar-refractivity contribution in [1.29, 1.82) is 0 Å². The minimum atomic E-state index is 0.0943. The number of carbonyl (C=O) groups excluding carboxylic acids is 1. The van der Waals surface area contributed by atoms with Crippen LogP contribution in [0.5, 0.6) is 0 Å². The molecule has 1 aromatic rings. The lowest BCUT2D eigenvalue weighted by Crippen LogP contribution is -2.38. The molecule has 1 aliphatic rings. The van der Waals surface area contributed by atoms with Gasteiger partial charge in [0.2, 0.25) is 5.91 Å². The number of nitrogens with one attached hydrogen (secondary N) is 1. The number of amides is 1. The van der Waals surface area contributed by atoms with Crippen LogP contribution in [0.3, 0.4) is 0 Å². The first-order valence-electron chi connectivity index (χ1n) is 7.66. The molecule has 1 saturated heterocycles. The van der Waals surface area contributed by atoms with Gasteiger partial charge in [-0.2, -0.15) is 0 Å². The van der Waals surface area contributed by atoms with E-state index in [1.54, 1.807) is 0 Å². The Morgan fingerprint density at radius 1 is 1.25 bits per heavy atom.